The van der Waals surface area contributed by atoms with Gasteiger partial charge in [-0.2, -0.15) is 0 Å². The first kappa shape index (κ1) is 16.9. The van der Waals surface area contributed by atoms with Gasteiger partial charge in [-0.25, -0.2) is 24.7 Å². The first-order valence-electron chi connectivity index (χ1n) is 9.30. The molecule has 1 aliphatic rings. The third-order valence-electron chi connectivity index (χ3n) is 5.07. The molecule has 4 aromatic heterocycles. The summed E-state index contributed by atoms with van der Waals surface area (Å²) in [4.78, 5) is 33.7. The van der Waals surface area contributed by atoms with Crippen molar-refractivity contribution in [2.45, 2.75) is 31.8 Å². The van der Waals surface area contributed by atoms with E-state index in [0.29, 0.717) is 35.1 Å². The van der Waals surface area contributed by atoms with E-state index in [2.05, 4.69) is 25.3 Å². The van der Waals surface area contributed by atoms with Gasteiger partial charge in [0.2, 0.25) is 0 Å². The van der Waals surface area contributed by atoms with Gasteiger partial charge in [0.1, 0.15) is 23.3 Å². The van der Waals surface area contributed by atoms with Crippen LogP contribution in [0.25, 0.3) is 16.8 Å². The quantitative estimate of drug-likeness (QED) is 0.553. The Morgan fingerprint density at radius 2 is 2.29 bits per heavy atom. The van der Waals surface area contributed by atoms with Crippen molar-refractivity contribution in [2.75, 3.05) is 18.5 Å². The zero-order chi connectivity index (χ0) is 19.1. The molecule has 0 aliphatic carbocycles. The molecular weight excluding hydrogens is 360 g/mol. The monoisotopic (exact) mass is 380 g/mol. The maximum absolute atomic E-state index is 13.2. The van der Waals surface area contributed by atoms with Gasteiger partial charge in [0.15, 0.2) is 11.5 Å². The molecule has 0 spiro atoms. The number of imidazole rings is 1. The van der Waals surface area contributed by atoms with E-state index < -0.39 is 0 Å². The second-order valence-corrected chi connectivity index (χ2v) is 6.92. The summed E-state index contributed by atoms with van der Waals surface area (Å²) in [5.41, 5.74) is 1.81. The predicted octanol–water partition coefficient (Wildman–Crippen LogP) is 1.69. The number of nitrogens with one attached hydrogen (secondary N) is 2. The van der Waals surface area contributed by atoms with E-state index in [0.717, 1.165) is 19.4 Å². The predicted molar refractivity (Wildman–Crippen MR) is 102 cm³/mol. The van der Waals surface area contributed by atoms with Crippen molar-refractivity contribution in [2.24, 2.45) is 0 Å². The smallest absolute Gasteiger partial charge is 0.335 e. The van der Waals surface area contributed by atoms with Gasteiger partial charge in [-0.3, -0.25) is 8.97 Å². The average molecular weight is 380 g/mol. The summed E-state index contributed by atoms with van der Waals surface area (Å²) in [6.07, 6.45) is 6.59. The van der Waals surface area contributed by atoms with Gasteiger partial charge in [-0.15, -0.1) is 0 Å². The van der Waals surface area contributed by atoms with Crippen LogP contribution in [0.4, 0.5) is 5.82 Å². The number of aromatic nitrogens is 7. The summed E-state index contributed by atoms with van der Waals surface area (Å²) in [7, 11) is 0. The van der Waals surface area contributed by atoms with Crippen LogP contribution < -0.4 is 11.0 Å². The molecule has 2 N–H and O–H groups in total. The van der Waals surface area contributed by atoms with Crippen LogP contribution in [-0.4, -0.2) is 47.1 Å². The third kappa shape index (κ3) is 2.73. The van der Waals surface area contributed by atoms with Crippen molar-refractivity contribution in [3.8, 4) is 0 Å². The van der Waals surface area contributed by atoms with E-state index in [1.54, 1.807) is 21.5 Å². The summed E-state index contributed by atoms with van der Waals surface area (Å²) in [6, 6.07) is 3.33. The molecule has 1 fully saturated rings. The number of nitrogens with zero attached hydrogens (tertiary/aromatic N) is 6. The second kappa shape index (κ2) is 6.71. The van der Waals surface area contributed by atoms with E-state index >= 15 is 0 Å². The molecule has 0 radical (unpaired) electrons. The lowest BCUT2D eigenvalue weighted by Crippen LogP contribution is -2.38. The molecule has 28 heavy (non-hydrogen) atoms. The van der Waals surface area contributed by atoms with Crippen molar-refractivity contribution < 1.29 is 4.74 Å². The Morgan fingerprint density at radius 1 is 1.36 bits per heavy atom. The molecule has 0 bridgehead atoms. The highest BCUT2D eigenvalue weighted by Crippen LogP contribution is 2.25. The van der Waals surface area contributed by atoms with Gasteiger partial charge in [0, 0.05) is 12.8 Å². The minimum absolute atomic E-state index is 0.0457. The first-order valence-corrected chi connectivity index (χ1v) is 9.30. The van der Waals surface area contributed by atoms with Crippen molar-refractivity contribution in [1.82, 2.24) is 33.9 Å². The summed E-state index contributed by atoms with van der Waals surface area (Å²) in [5.74, 6) is 1.24. The topological polar surface area (TPSA) is 115 Å². The van der Waals surface area contributed by atoms with Gasteiger partial charge >= 0.3 is 5.69 Å². The Labute approximate surface area is 159 Å². The number of hydrogen-bond acceptors (Lipinski definition) is 7. The molecule has 5 rings (SSSR count). The highest BCUT2D eigenvalue weighted by molar-refractivity contribution is 5.82. The van der Waals surface area contributed by atoms with Crippen LogP contribution in [0.5, 0.6) is 0 Å². The zero-order valence-corrected chi connectivity index (χ0v) is 15.4. The molecule has 10 nitrogen and oxygen atoms in total. The van der Waals surface area contributed by atoms with Crippen LogP contribution in [0.2, 0.25) is 0 Å². The van der Waals surface area contributed by atoms with Crippen LogP contribution in [0, 0.1) is 0 Å². The normalized spacial score (nSPS) is 18.5. The molecule has 144 valence electrons. The van der Waals surface area contributed by atoms with E-state index in [4.69, 9.17) is 9.72 Å². The van der Waals surface area contributed by atoms with E-state index in [1.807, 2.05) is 19.1 Å². The Balaban J connectivity index is 1.60. The summed E-state index contributed by atoms with van der Waals surface area (Å²) >= 11 is 0. The number of aromatic amines is 1. The number of hydrogen-bond donors (Lipinski definition) is 2. The van der Waals surface area contributed by atoms with Gasteiger partial charge in [-0.1, -0.05) is 0 Å². The SMILES string of the molecule is C[C@H](Nc1ncnc2[nH]cnc12)c1nc2cccn2c(=O)n1[C@H]1CCCOC1. The second-order valence-electron chi connectivity index (χ2n) is 6.92. The first-order chi connectivity index (χ1) is 13.7. The van der Waals surface area contributed by atoms with Gasteiger partial charge in [0.25, 0.3) is 0 Å². The maximum atomic E-state index is 13.2. The fraction of sp³-hybridized carbons (Fsp3) is 0.389. The van der Waals surface area contributed by atoms with Crippen LogP contribution in [0.1, 0.15) is 37.7 Å². The van der Waals surface area contributed by atoms with Crippen molar-refractivity contribution in [3.05, 3.63) is 47.3 Å². The molecule has 0 unspecified atom stereocenters. The lowest BCUT2D eigenvalue weighted by atomic mass is 10.1. The number of anilines is 1. The largest absolute Gasteiger partial charge is 0.379 e. The highest BCUT2D eigenvalue weighted by atomic mass is 16.5. The summed E-state index contributed by atoms with van der Waals surface area (Å²) in [5, 5.41) is 3.34. The van der Waals surface area contributed by atoms with Crippen molar-refractivity contribution in [3.63, 3.8) is 0 Å². The maximum Gasteiger partial charge on any atom is 0.335 e. The number of fused-ring (bicyclic) bond motifs is 2. The number of ether oxygens (including phenoxy) is 1. The van der Waals surface area contributed by atoms with Gasteiger partial charge in [0.05, 0.1) is 25.0 Å². The van der Waals surface area contributed by atoms with Gasteiger partial charge < -0.3 is 15.0 Å². The molecular formula is C18H20N8O2. The molecule has 0 amide bonds. The molecule has 0 aromatic carbocycles. The molecule has 0 saturated carbocycles. The molecule has 10 heteroatoms. The Bertz CT molecular complexity index is 1190. The molecule has 5 heterocycles. The Morgan fingerprint density at radius 3 is 3.14 bits per heavy atom. The highest BCUT2D eigenvalue weighted by Gasteiger charge is 2.25. The summed E-state index contributed by atoms with van der Waals surface area (Å²) in [6.45, 7) is 3.19. The summed E-state index contributed by atoms with van der Waals surface area (Å²) < 4.78 is 8.96. The standard InChI is InChI=1S/C18H20N8O2/c1-11(23-16-14-15(20-9-19-14)21-10-22-16)17-24-13-5-2-6-25(13)18(27)26(17)12-4-3-7-28-8-12/h2,5-6,9-12H,3-4,7-8H2,1H3,(H2,19,20,21,22,23)/t11-,12-/m0/s1. The average Bonchev–Trinajstić information content (AvgIpc) is 3.38. The van der Waals surface area contributed by atoms with Crippen LogP contribution >= 0.6 is 0 Å². The lowest BCUT2D eigenvalue weighted by Gasteiger charge is -2.28. The fourth-order valence-electron chi connectivity index (χ4n) is 3.73. The minimum Gasteiger partial charge on any atom is -0.379 e. The van der Waals surface area contributed by atoms with Crippen molar-refractivity contribution in [1.29, 1.82) is 0 Å². The van der Waals surface area contributed by atoms with E-state index in [9.17, 15) is 4.79 Å². The lowest BCUT2D eigenvalue weighted by molar-refractivity contribution is 0.0556. The van der Waals surface area contributed by atoms with E-state index in [1.165, 1.54) is 6.33 Å². The van der Waals surface area contributed by atoms with E-state index in [-0.39, 0.29) is 17.8 Å². The number of rotatable bonds is 4. The molecule has 2 atom stereocenters. The van der Waals surface area contributed by atoms with Crippen molar-refractivity contribution >= 4 is 22.6 Å². The zero-order valence-electron chi connectivity index (χ0n) is 15.4. The van der Waals surface area contributed by atoms with Crippen LogP contribution in [0.3, 0.4) is 0 Å². The Hall–Kier alpha value is -3.27. The molecule has 4 aromatic rings. The number of H-pyrrole nitrogens is 1. The third-order valence-corrected chi connectivity index (χ3v) is 5.07. The van der Waals surface area contributed by atoms with Gasteiger partial charge in [-0.05, 0) is 31.9 Å². The van der Waals surface area contributed by atoms with Crippen LogP contribution in [-0.2, 0) is 4.74 Å². The Kier molecular flexibility index (Phi) is 4.05. The van der Waals surface area contributed by atoms with Crippen LogP contribution in [0.15, 0.2) is 35.8 Å². The fourth-order valence-corrected chi connectivity index (χ4v) is 3.73. The molecule has 1 aliphatic heterocycles. The molecule has 1 saturated heterocycles. The minimum atomic E-state index is -0.274.